The highest BCUT2D eigenvalue weighted by molar-refractivity contribution is 6.28. The van der Waals surface area contributed by atoms with Gasteiger partial charge in [-0.1, -0.05) is 31.0 Å². The molecule has 0 spiro atoms. The van der Waals surface area contributed by atoms with Crippen LogP contribution in [-0.4, -0.2) is 21.5 Å². The Hall–Kier alpha value is -1.88. The molecule has 0 radical (unpaired) electrons. The summed E-state index contributed by atoms with van der Waals surface area (Å²) in [5, 5.41) is 6.43. The number of nitrogens with zero attached hydrogens (tertiary/aromatic N) is 3. The molecule has 2 N–H and O–H groups in total. The van der Waals surface area contributed by atoms with Crippen LogP contribution in [0.25, 0.3) is 0 Å². The number of hydrogen-bond acceptors (Lipinski definition) is 5. The summed E-state index contributed by atoms with van der Waals surface area (Å²) in [5.74, 6) is 0.931. The fraction of sp³-hybridized carbons (Fsp3) is 0.357. The van der Waals surface area contributed by atoms with Crippen molar-refractivity contribution in [2.24, 2.45) is 0 Å². The number of unbranched alkanes of at least 4 members (excludes halogenated alkanes) is 1. The molecule has 20 heavy (non-hydrogen) atoms. The number of nitrogens with one attached hydrogen (secondary N) is 2. The Labute approximate surface area is 123 Å². The molecule has 1 heterocycles. The SMILES string of the molecule is CCCCNc1nc(Cl)nc(Nc2ccc(C)cc2)n1. The van der Waals surface area contributed by atoms with Crippen LogP contribution >= 0.6 is 11.6 Å². The number of benzene rings is 1. The molecular weight excluding hydrogens is 274 g/mol. The number of anilines is 3. The molecule has 1 aromatic heterocycles. The topological polar surface area (TPSA) is 62.7 Å². The minimum absolute atomic E-state index is 0.175. The second-order valence-electron chi connectivity index (χ2n) is 4.52. The molecule has 5 nitrogen and oxygen atoms in total. The van der Waals surface area contributed by atoms with E-state index in [4.69, 9.17) is 11.6 Å². The molecule has 0 aliphatic carbocycles. The maximum absolute atomic E-state index is 5.91. The Kier molecular flexibility index (Phi) is 5.12. The van der Waals surface area contributed by atoms with Crippen LogP contribution in [0, 0.1) is 6.92 Å². The third-order valence-electron chi connectivity index (χ3n) is 2.73. The van der Waals surface area contributed by atoms with Gasteiger partial charge < -0.3 is 10.6 Å². The van der Waals surface area contributed by atoms with E-state index in [0.717, 1.165) is 25.1 Å². The average molecular weight is 292 g/mol. The van der Waals surface area contributed by atoms with Gasteiger partial charge in [-0.25, -0.2) is 0 Å². The highest BCUT2D eigenvalue weighted by Gasteiger charge is 2.05. The maximum Gasteiger partial charge on any atom is 0.233 e. The van der Waals surface area contributed by atoms with E-state index in [1.54, 1.807) is 0 Å². The van der Waals surface area contributed by atoms with Gasteiger partial charge in [-0.15, -0.1) is 0 Å². The molecule has 0 bridgehead atoms. The Morgan fingerprint density at radius 3 is 2.45 bits per heavy atom. The molecule has 0 saturated carbocycles. The van der Waals surface area contributed by atoms with Gasteiger partial charge in [-0.05, 0) is 37.1 Å². The predicted octanol–water partition coefficient (Wildman–Crippen LogP) is 3.79. The van der Waals surface area contributed by atoms with Crippen molar-refractivity contribution in [1.29, 1.82) is 0 Å². The van der Waals surface area contributed by atoms with Gasteiger partial charge in [0.15, 0.2) is 0 Å². The van der Waals surface area contributed by atoms with Crippen LogP contribution in [0.2, 0.25) is 5.28 Å². The van der Waals surface area contributed by atoms with E-state index in [1.807, 2.05) is 31.2 Å². The van der Waals surface area contributed by atoms with E-state index in [2.05, 4.69) is 32.5 Å². The van der Waals surface area contributed by atoms with Gasteiger partial charge in [0.25, 0.3) is 0 Å². The third-order valence-corrected chi connectivity index (χ3v) is 2.90. The molecular formula is C14H18ClN5. The lowest BCUT2D eigenvalue weighted by Gasteiger charge is -2.08. The average Bonchev–Trinajstić information content (AvgIpc) is 2.41. The van der Waals surface area contributed by atoms with Gasteiger partial charge in [-0.2, -0.15) is 15.0 Å². The Morgan fingerprint density at radius 2 is 1.75 bits per heavy atom. The van der Waals surface area contributed by atoms with Crippen molar-refractivity contribution >= 4 is 29.2 Å². The highest BCUT2D eigenvalue weighted by atomic mass is 35.5. The second-order valence-corrected chi connectivity index (χ2v) is 4.86. The summed E-state index contributed by atoms with van der Waals surface area (Å²) in [6.45, 7) is 4.99. The van der Waals surface area contributed by atoms with Gasteiger partial charge in [-0.3, -0.25) is 0 Å². The zero-order valence-corrected chi connectivity index (χ0v) is 12.4. The third kappa shape index (κ3) is 4.35. The summed E-state index contributed by atoms with van der Waals surface area (Å²) in [5.41, 5.74) is 2.11. The number of rotatable bonds is 6. The number of aryl methyl sites for hydroxylation is 1. The summed E-state index contributed by atoms with van der Waals surface area (Å²) in [6, 6.07) is 7.98. The summed E-state index contributed by atoms with van der Waals surface area (Å²) in [4.78, 5) is 12.4. The van der Waals surface area contributed by atoms with Crippen LogP contribution in [0.3, 0.4) is 0 Å². The van der Waals surface area contributed by atoms with Gasteiger partial charge in [0.1, 0.15) is 0 Å². The lowest BCUT2D eigenvalue weighted by Crippen LogP contribution is -2.08. The highest BCUT2D eigenvalue weighted by Crippen LogP contribution is 2.16. The number of hydrogen-bond donors (Lipinski definition) is 2. The monoisotopic (exact) mass is 291 g/mol. The first-order valence-electron chi connectivity index (χ1n) is 6.66. The van der Waals surface area contributed by atoms with Gasteiger partial charge >= 0.3 is 0 Å². The van der Waals surface area contributed by atoms with Crippen LogP contribution in [0.15, 0.2) is 24.3 Å². The van der Waals surface area contributed by atoms with Crippen molar-refractivity contribution in [3.8, 4) is 0 Å². The van der Waals surface area contributed by atoms with Crippen molar-refractivity contribution in [2.45, 2.75) is 26.7 Å². The summed E-state index contributed by atoms with van der Waals surface area (Å²) in [7, 11) is 0. The molecule has 0 fully saturated rings. The smallest absolute Gasteiger partial charge is 0.233 e. The summed E-state index contributed by atoms with van der Waals surface area (Å²) < 4.78 is 0. The molecule has 0 aliphatic rings. The quantitative estimate of drug-likeness (QED) is 0.793. The number of aromatic nitrogens is 3. The normalized spacial score (nSPS) is 10.3. The first-order chi connectivity index (χ1) is 9.67. The molecule has 1 aromatic carbocycles. The van der Waals surface area contributed by atoms with Crippen LogP contribution < -0.4 is 10.6 Å². The van der Waals surface area contributed by atoms with Gasteiger partial charge in [0.05, 0.1) is 0 Å². The van der Waals surface area contributed by atoms with E-state index in [9.17, 15) is 0 Å². The van der Waals surface area contributed by atoms with Gasteiger partial charge in [0.2, 0.25) is 17.2 Å². The maximum atomic E-state index is 5.91. The van der Waals surface area contributed by atoms with E-state index >= 15 is 0 Å². The minimum Gasteiger partial charge on any atom is -0.354 e. The molecule has 6 heteroatoms. The Morgan fingerprint density at radius 1 is 1.05 bits per heavy atom. The zero-order valence-electron chi connectivity index (χ0n) is 11.7. The molecule has 0 unspecified atom stereocenters. The van der Waals surface area contributed by atoms with Crippen molar-refractivity contribution in [3.05, 3.63) is 35.1 Å². The first-order valence-corrected chi connectivity index (χ1v) is 7.04. The summed E-state index contributed by atoms with van der Waals surface area (Å²) >= 11 is 5.91. The fourth-order valence-electron chi connectivity index (χ4n) is 1.63. The van der Waals surface area contributed by atoms with Gasteiger partial charge in [0, 0.05) is 12.2 Å². The molecule has 106 valence electrons. The van der Waals surface area contributed by atoms with Crippen LogP contribution in [0.4, 0.5) is 17.6 Å². The molecule has 0 amide bonds. The molecule has 0 atom stereocenters. The Bertz CT molecular complexity index is 556. The standard InChI is InChI=1S/C14H18ClN5/c1-3-4-9-16-13-18-12(15)19-14(20-13)17-11-7-5-10(2)6-8-11/h5-8H,3-4,9H2,1-2H3,(H2,16,17,18,19,20). The zero-order chi connectivity index (χ0) is 14.4. The molecule has 2 rings (SSSR count). The van der Waals surface area contributed by atoms with E-state index in [0.29, 0.717) is 11.9 Å². The lowest BCUT2D eigenvalue weighted by atomic mass is 10.2. The van der Waals surface area contributed by atoms with Crippen molar-refractivity contribution in [1.82, 2.24) is 15.0 Å². The molecule has 0 saturated heterocycles. The summed E-state index contributed by atoms with van der Waals surface area (Å²) in [6.07, 6.45) is 2.17. The van der Waals surface area contributed by atoms with E-state index in [-0.39, 0.29) is 5.28 Å². The lowest BCUT2D eigenvalue weighted by molar-refractivity contribution is 0.824. The fourth-order valence-corrected chi connectivity index (χ4v) is 1.79. The largest absolute Gasteiger partial charge is 0.354 e. The van der Waals surface area contributed by atoms with E-state index < -0.39 is 0 Å². The van der Waals surface area contributed by atoms with Crippen LogP contribution in [0.1, 0.15) is 25.3 Å². The first kappa shape index (κ1) is 14.5. The predicted molar refractivity (Wildman–Crippen MR) is 82.7 cm³/mol. The molecule has 0 aliphatic heterocycles. The van der Waals surface area contributed by atoms with Crippen LogP contribution in [-0.2, 0) is 0 Å². The Balaban J connectivity index is 2.09. The molecule has 2 aromatic rings. The van der Waals surface area contributed by atoms with Crippen LogP contribution in [0.5, 0.6) is 0 Å². The minimum atomic E-state index is 0.175. The van der Waals surface area contributed by atoms with E-state index in [1.165, 1.54) is 5.56 Å². The van der Waals surface area contributed by atoms with Crippen molar-refractivity contribution in [2.75, 3.05) is 17.2 Å². The van der Waals surface area contributed by atoms with Crippen molar-refractivity contribution < 1.29 is 0 Å². The van der Waals surface area contributed by atoms with Crippen molar-refractivity contribution in [3.63, 3.8) is 0 Å². The number of halogens is 1. The second kappa shape index (κ2) is 7.05.